The van der Waals surface area contributed by atoms with Crippen LogP contribution in [0.4, 0.5) is 0 Å². The third kappa shape index (κ3) is 1.50. The number of aliphatic hydroxyl groups is 1. The zero-order valence-corrected chi connectivity index (χ0v) is 7.87. The molecule has 2 nitrogen and oxygen atoms in total. The van der Waals surface area contributed by atoms with Gasteiger partial charge in [-0.05, 0) is 39.2 Å². The van der Waals surface area contributed by atoms with Crippen LogP contribution in [0.15, 0.2) is 0 Å². The van der Waals surface area contributed by atoms with E-state index in [4.69, 9.17) is 0 Å². The quantitative estimate of drug-likeness (QED) is 0.675. The number of aliphatic hydroxyl groups excluding tert-OH is 1. The lowest BCUT2D eigenvalue weighted by molar-refractivity contribution is 0.0993. The molecule has 70 valence electrons. The number of hydrogen-bond donors (Lipinski definition) is 1. The summed E-state index contributed by atoms with van der Waals surface area (Å²) < 4.78 is 0. The summed E-state index contributed by atoms with van der Waals surface area (Å²) in [6, 6.07) is 1.51. The number of rotatable bonds is 2. The van der Waals surface area contributed by atoms with Crippen molar-refractivity contribution >= 4 is 0 Å². The van der Waals surface area contributed by atoms with Gasteiger partial charge < -0.3 is 10.0 Å². The van der Waals surface area contributed by atoms with Crippen LogP contribution >= 0.6 is 0 Å². The maximum Gasteiger partial charge on any atom is 0.0555 e. The molecule has 2 rings (SSSR count). The Hall–Kier alpha value is -0.0800. The fourth-order valence-electron chi connectivity index (χ4n) is 2.40. The van der Waals surface area contributed by atoms with Crippen LogP contribution in [0.25, 0.3) is 0 Å². The first-order valence-corrected chi connectivity index (χ1v) is 5.17. The molecule has 0 bridgehead atoms. The van der Waals surface area contributed by atoms with E-state index in [1.54, 1.807) is 0 Å². The lowest BCUT2D eigenvalue weighted by atomic mass is 9.90. The summed E-state index contributed by atoms with van der Waals surface area (Å²) in [5, 5.41) is 9.39. The molecule has 2 aliphatic carbocycles. The number of hydrogen-bond acceptors (Lipinski definition) is 2. The molecule has 2 saturated carbocycles. The Morgan fingerprint density at radius 1 is 1.08 bits per heavy atom. The monoisotopic (exact) mass is 169 g/mol. The molecule has 1 N–H and O–H groups in total. The van der Waals surface area contributed by atoms with Crippen LogP contribution in [0.5, 0.6) is 0 Å². The second kappa shape index (κ2) is 3.35. The summed E-state index contributed by atoms with van der Waals surface area (Å²) in [5.74, 6) is 0. The van der Waals surface area contributed by atoms with E-state index in [0.29, 0.717) is 6.04 Å². The molecule has 0 aromatic carbocycles. The van der Waals surface area contributed by atoms with Crippen LogP contribution in [-0.2, 0) is 0 Å². The first-order chi connectivity index (χ1) is 5.77. The minimum absolute atomic E-state index is 0.0162. The molecule has 2 unspecified atom stereocenters. The molecule has 0 aromatic rings. The van der Waals surface area contributed by atoms with Crippen LogP contribution in [0.1, 0.15) is 38.5 Å². The highest BCUT2D eigenvalue weighted by atomic mass is 16.3. The zero-order chi connectivity index (χ0) is 8.55. The van der Waals surface area contributed by atoms with Crippen molar-refractivity contribution in [1.82, 2.24) is 4.90 Å². The fraction of sp³-hybridized carbons (Fsp3) is 1.00. The van der Waals surface area contributed by atoms with E-state index in [0.717, 1.165) is 18.9 Å². The van der Waals surface area contributed by atoms with Gasteiger partial charge in [-0.3, -0.25) is 0 Å². The zero-order valence-electron chi connectivity index (χ0n) is 7.87. The smallest absolute Gasteiger partial charge is 0.0555 e. The minimum atomic E-state index is -0.0162. The average Bonchev–Trinajstić information content (AvgIpc) is 2.31. The van der Waals surface area contributed by atoms with Gasteiger partial charge in [0.25, 0.3) is 0 Å². The Labute approximate surface area is 74.6 Å². The molecule has 0 aliphatic heterocycles. The van der Waals surface area contributed by atoms with Crippen LogP contribution < -0.4 is 0 Å². The maximum absolute atomic E-state index is 9.39. The van der Waals surface area contributed by atoms with Crippen molar-refractivity contribution in [1.29, 1.82) is 0 Å². The molecule has 0 radical (unpaired) electrons. The van der Waals surface area contributed by atoms with Crippen molar-refractivity contribution in [3.63, 3.8) is 0 Å². The Morgan fingerprint density at radius 3 is 2.25 bits per heavy atom. The highest BCUT2D eigenvalue weighted by Gasteiger charge is 2.32. The lowest BCUT2D eigenvalue weighted by Crippen LogP contribution is -2.43. The molecule has 0 amide bonds. The van der Waals surface area contributed by atoms with Gasteiger partial charge in [0.15, 0.2) is 0 Å². The van der Waals surface area contributed by atoms with Crippen molar-refractivity contribution in [2.45, 2.75) is 56.7 Å². The first kappa shape index (κ1) is 8.52. The minimum Gasteiger partial charge on any atom is -0.393 e. The van der Waals surface area contributed by atoms with Gasteiger partial charge in [0.05, 0.1) is 6.10 Å². The highest BCUT2D eigenvalue weighted by Crippen LogP contribution is 2.31. The maximum atomic E-state index is 9.39. The van der Waals surface area contributed by atoms with Gasteiger partial charge in [-0.25, -0.2) is 0 Å². The summed E-state index contributed by atoms with van der Waals surface area (Å²) in [7, 11) is 2.23. The molecule has 2 atom stereocenters. The third-order valence-electron chi connectivity index (χ3n) is 3.60. The molecule has 12 heavy (non-hydrogen) atoms. The largest absolute Gasteiger partial charge is 0.393 e. The van der Waals surface area contributed by atoms with E-state index in [2.05, 4.69) is 11.9 Å². The van der Waals surface area contributed by atoms with Gasteiger partial charge in [0, 0.05) is 12.1 Å². The standard InChI is InChI=1S/C10H19NO/c1-11(8-3-2-4-8)9-5-6-10(12)7-9/h8-10,12H,2-7H2,1H3. The van der Waals surface area contributed by atoms with E-state index < -0.39 is 0 Å². The molecule has 0 aromatic heterocycles. The predicted octanol–water partition coefficient (Wildman–Crippen LogP) is 1.38. The topological polar surface area (TPSA) is 23.5 Å². The number of nitrogens with zero attached hydrogens (tertiary/aromatic N) is 1. The second-order valence-corrected chi connectivity index (χ2v) is 4.37. The van der Waals surface area contributed by atoms with Gasteiger partial charge in [-0.1, -0.05) is 6.42 Å². The van der Waals surface area contributed by atoms with Crippen LogP contribution in [0.2, 0.25) is 0 Å². The molecule has 2 aliphatic rings. The van der Waals surface area contributed by atoms with Crippen molar-refractivity contribution < 1.29 is 5.11 Å². The summed E-state index contributed by atoms with van der Waals surface area (Å²) in [6.45, 7) is 0. The molecule has 2 heteroatoms. The predicted molar refractivity (Wildman–Crippen MR) is 49.0 cm³/mol. The van der Waals surface area contributed by atoms with Crippen molar-refractivity contribution in [2.75, 3.05) is 7.05 Å². The van der Waals surface area contributed by atoms with E-state index in [-0.39, 0.29) is 6.10 Å². The van der Waals surface area contributed by atoms with Crippen molar-refractivity contribution in [3.8, 4) is 0 Å². The molecule has 0 spiro atoms. The molecule has 0 heterocycles. The van der Waals surface area contributed by atoms with Crippen LogP contribution in [0, 0.1) is 0 Å². The van der Waals surface area contributed by atoms with E-state index >= 15 is 0 Å². The highest BCUT2D eigenvalue weighted by molar-refractivity contribution is 4.87. The van der Waals surface area contributed by atoms with Gasteiger partial charge in [0.2, 0.25) is 0 Å². The van der Waals surface area contributed by atoms with Crippen LogP contribution in [-0.4, -0.2) is 35.2 Å². The molecule has 0 saturated heterocycles. The van der Waals surface area contributed by atoms with Gasteiger partial charge >= 0.3 is 0 Å². The van der Waals surface area contributed by atoms with E-state index in [9.17, 15) is 5.11 Å². The summed E-state index contributed by atoms with van der Waals surface area (Å²) in [4.78, 5) is 2.50. The first-order valence-electron chi connectivity index (χ1n) is 5.17. The van der Waals surface area contributed by atoms with Gasteiger partial charge in [-0.2, -0.15) is 0 Å². The van der Waals surface area contributed by atoms with Crippen molar-refractivity contribution in [3.05, 3.63) is 0 Å². The summed E-state index contributed by atoms with van der Waals surface area (Å²) in [6.07, 6.45) is 7.37. The van der Waals surface area contributed by atoms with Gasteiger partial charge in [0.1, 0.15) is 0 Å². The normalized spacial score (nSPS) is 37.2. The molecule has 2 fully saturated rings. The van der Waals surface area contributed by atoms with E-state index in [1.807, 2.05) is 0 Å². The molecular weight excluding hydrogens is 150 g/mol. The summed E-state index contributed by atoms with van der Waals surface area (Å²) >= 11 is 0. The average molecular weight is 169 g/mol. The SMILES string of the molecule is CN(C1CCC1)C1CCC(O)C1. The molecular formula is C10H19NO. The Bertz CT molecular complexity index is 156. The Morgan fingerprint density at radius 2 is 1.83 bits per heavy atom. The fourth-order valence-corrected chi connectivity index (χ4v) is 2.40. The van der Waals surface area contributed by atoms with E-state index in [1.165, 1.54) is 25.7 Å². The summed E-state index contributed by atoms with van der Waals surface area (Å²) in [5.41, 5.74) is 0. The Balaban J connectivity index is 1.83. The van der Waals surface area contributed by atoms with Crippen molar-refractivity contribution in [2.24, 2.45) is 0 Å². The van der Waals surface area contributed by atoms with Crippen LogP contribution in [0.3, 0.4) is 0 Å². The lowest BCUT2D eigenvalue weighted by Gasteiger charge is -2.38. The second-order valence-electron chi connectivity index (χ2n) is 4.37. The van der Waals surface area contributed by atoms with Gasteiger partial charge in [-0.15, -0.1) is 0 Å². The Kier molecular flexibility index (Phi) is 2.37. The third-order valence-corrected chi connectivity index (χ3v) is 3.60.